The summed E-state index contributed by atoms with van der Waals surface area (Å²) in [4.78, 5) is 11.0. The average molecular weight is 298 g/mol. The molecule has 1 aliphatic heterocycles. The Morgan fingerprint density at radius 3 is 2.60 bits per heavy atom. The third kappa shape index (κ3) is 4.14. The molecular weight excluding hydrogens is 276 g/mol. The molecular formula is C13H22N4O2S. The van der Waals surface area contributed by atoms with E-state index in [0.717, 1.165) is 24.6 Å². The summed E-state index contributed by atoms with van der Waals surface area (Å²) in [7, 11) is -3.21. The van der Waals surface area contributed by atoms with Gasteiger partial charge in [0.2, 0.25) is 10.0 Å². The lowest BCUT2D eigenvalue weighted by atomic mass is 10.1. The molecule has 1 aromatic heterocycles. The van der Waals surface area contributed by atoms with E-state index in [4.69, 9.17) is 0 Å². The van der Waals surface area contributed by atoms with Crippen LogP contribution >= 0.6 is 0 Å². The minimum Gasteiger partial charge on any atom is -0.357 e. The third-order valence-electron chi connectivity index (χ3n) is 3.40. The summed E-state index contributed by atoms with van der Waals surface area (Å²) in [5.74, 6) is 1.50. The van der Waals surface area contributed by atoms with E-state index in [0.29, 0.717) is 5.82 Å². The second kappa shape index (κ2) is 6.49. The maximum absolute atomic E-state index is 11.5. The second-order valence-electron chi connectivity index (χ2n) is 5.06. The van der Waals surface area contributed by atoms with Crippen LogP contribution in [0.1, 0.15) is 37.7 Å². The molecule has 0 saturated carbocycles. The number of nitrogens with zero attached hydrogens (tertiary/aromatic N) is 3. The molecule has 1 aliphatic rings. The van der Waals surface area contributed by atoms with E-state index in [1.54, 1.807) is 6.92 Å². The fourth-order valence-electron chi connectivity index (χ4n) is 2.25. The number of hydrogen-bond donors (Lipinski definition) is 1. The van der Waals surface area contributed by atoms with Gasteiger partial charge in [0.1, 0.15) is 11.6 Å². The summed E-state index contributed by atoms with van der Waals surface area (Å²) < 4.78 is 25.4. The van der Waals surface area contributed by atoms with Crippen molar-refractivity contribution in [1.82, 2.24) is 14.7 Å². The van der Waals surface area contributed by atoms with E-state index in [1.807, 2.05) is 13.0 Å². The van der Waals surface area contributed by atoms with Crippen LogP contribution in [0.4, 0.5) is 5.82 Å². The Kier molecular flexibility index (Phi) is 4.93. The third-order valence-corrected chi connectivity index (χ3v) is 4.74. The summed E-state index contributed by atoms with van der Waals surface area (Å²) in [6.45, 7) is 5.69. The Bertz CT molecular complexity index is 553. The molecule has 1 aromatic rings. The summed E-state index contributed by atoms with van der Waals surface area (Å²) in [6.07, 6.45) is 3.63. The first-order chi connectivity index (χ1) is 9.50. The SMILES string of the molecule is CCS(=O)(=O)NCc1nc(C)cc(N2CCCCC2)n1. The average Bonchev–Trinajstić information content (AvgIpc) is 2.46. The standard InChI is InChI=1S/C13H22N4O2S/c1-3-20(18,19)14-10-12-15-11(2)9-13(16-12)17-7-5-4-6-8-17/h9,14H,3-8,10H2,1-2H3. The lowest BCUT2D eigenvalue weighted by molar-refractivity contribution is 0.569. The first-order valence-corrected chi connectivity index (χ1v) is 8.72. The number of rotatable bonds is 5. The van der Waals surface area contributed by atoms with Gasteiger partial charge in [0, 0.05) is 24.8 Å². The maximum atomic E-state index is 11.5. The van der Waals surface area contributed by atoms with Gasteiger partial charge in [0.15, 0.2) is 0 Å². The summed E-state index contributed by atoms with van der Waals surface area (Å²) in [5, 5.41) is 0. The molecule has 0 amide bonds. The molecule has 6 nitrogen and oxygen atoms in total. The van der Waals surface area contributed by atoms with Gasteiger partial charge in [-0.15, -0.1) is 0 Å². The van der Waals surface area contributed by atoms with Crippen LogP contribution in [0.3, 0.4) is 0 Å². The van der Waals surface area contributed by atoms with Crippen molar-refractivity contribution in [3.63, 3.8) is 0 Å². The molecule has 1 N–H and O–H groups in total. The highest BCUT2D eigenvalue weighted by atomic mass is 32.2. The van der Waals surface area contributed by atoms with Crippen LogP contribution in [0, 0.1) is 6.92 Å². The molecule has 112 valence electrons. The zero-order valence-corrected chi connectivity index (χ0v) is 12.9. The molecule has 0 atom stereocenters. The molecule has 7 heteroatoms. The molecule has 0 bridgehead atoms. The van der Waals surface area contributed by atoms with Gasteiger partial charge in [-0.2, -0.15) is 0 Å². The largest absolute Gasteiger partial charge is 0.357 e. The number of aryl methyl sites for hydroxylation is 1. The Hall–Kier alpha value is -1.21. The number of nitrogens with one attached hydrogen (secondary N) is 1. The minimum atomic E-state index is -3.21. The van der Waals surface area contributed by atoms with E-state index in [-0.39, 0.29) is 12.3 Å². The molecule has 0 aliphatic carbocycles. The lowest BCUT2D eigenvalue weighted by Crippen LogP contribution is -2.31. The zero-order valence-electron chi connectivity index (χ0n) is 12.1. The van der Waals surface area contributed by atoms with Crippen molar-refractivity contribution in [2.45, 2.75) is 39.7 Å². The van der Waals surface area contributed by atoms with Gasteiger partial charge >= 0.3 is 0 Å². The molecule has 1 fully saturated rings. The highest BCUT2D eigenvalue weighted by Crippen LogP contribution is 2.18. The van der Waals surface area contributed by atoms with Crippen molar-refractivity contribution in [3.05, 3.63) is 17.6 Å². The number of aromatic nitrogens is 2. The van der Waals surface area contributed by atoms with Crippen LogP contribution in [0.15, 0.2) is 6.07 Å². The van der Waals surface area contributed by atoms with Crippen molar-refractivity contribution < 1.29 is 8.42 Å². The van der Waals surface area contributed by atoms with Crippen molar-refractivity contribution >= 4 is 15.8 Å². The fraction of sp³-hybridized carbons (Fsp3) is 0.692. The van der Waals surface area contributed by atoms with Gasteiger partial charge < -0.3 is 4.90 Å². The van der Waals surface area contributed by atoms with Crippen LogP contribution in [-0.4, -0.2) is 37.2 Å². The Labute approximate surface area is 120 Å². The van der Waals surface area contributed by atoms with Crippen molar-refractivity contribution in [2.24, 2.45) is 0 Å². The Morgan fingerprint density at radius 2 is 1.95 bits per heavy atom. The monoisotopic (exact) mass is 298 g/mol. The predicted octanol–water partition coefficient (Wildman–Crippen LogP) is 1.21. The molecule has 1 saturated heterocycles. The van der Waals surface area contributed by atoms with Crippen molar-refractivity contribution in [1.29, 1.82) is 0 Å². The van der Waals surface area contributed by atoms with Gasteiger partial charge in [-0.05, 0) is 33.1 Å². The van der Waals surface area contributed by atoms with E-state index >= 15 is 0 Å². The molecule has 20 heavy (non-hydrogen) atoms. The van der Waals surface area contributed by atoms with Crippen LogP contribution in [0.5, 0.6) is 0 Å². The van der Waals surface area contributed by atoms with Gasteiger partial charge in [-0.3, -0.25) is 0 Å². The molecule has 0 unspecified atom stereocenters. The van der Waals surface area contributed by atoms with Crippen LogP contribution in [-0.2, 0) is 16.6 Å². The minimum absolute atomic E-state index is 0.0673. The summed E-state index contributed by atoms with van der Waals surface area (Å²) >= 11 is 0. The highest BCUT2D eigenvalue weighted by molar-refractivity contribution is 7.89. The number of anilines is 1. The van der Waals surface area contributed by atoms with Crippen LogP contribution in [0.2, 0.25) is 0 Å². The molecule has 2 heterocycles. The normalized spacial score (nSPS) is 16.4. The summed E-state index contributed by atoms with van der Waals surface area (Å²) in [5.41, 5.74) is 0.867. The zero-order chi connectivity index (χ0) is 14.6. The van der Waals surface area contributed by atoms with E-state index in [2.05, 4.69) is 19.6 Å². The maximum Gasteiger partial charge on any atom is 0.211 e. The molecule has 0 spiro atoms. The first kappa shape index (κ1) is 15.2. The van der Waals surface area contributed by atoms with Crippen molar-refractivity contribution in [3.8, 4) is 0 Å². The highest BCUT2D eigenvalue weighted by Gasteiger charge is 2.14. The lowest BCUT2D eigenvalue weighted by Gasteiger charge is -2.28. The fourth-order valence-corrected chi connectivity index (χ4v) is 2.81. The number of sulfonamides is 1. The van der Waals surface area contributed by atoms with Crippen LogP contribution in [0.25, 0.3) is 0 Å². The number of piperidine rings is 1. The van der Waals surface area contributed by atoms with Gasteiger partial charge in [0.05, 0.1) is 12.3 Å². The molecule has 0 radical (unpaired) electrons. The van der Waals surface area contributed by atoms with Crippen molar-refractivity contribution in [2.75, 3.05) is 23.7 Å². The topological polar surface area (TPSA) is 75.2 Å². The number of hydrogen-bond acceptors (Lipinski definition) is 5. The second-order valence-corrected chi connectivity index (χ2v) is 7.15. The Balaban J connectivity index is 2.11. The molecule has 2 rings (SSSR count). The molecule has 0 aromatic carbocycles. The Morgan fingerprint density at radius 1 is 1.25 bits per heavy atom. The van der Waals surface area contributed by atoms with Gasteiger partial charge in [0.25, 0.3) is 0 Å². The quantitative estimate of drug-likeness (QED) is 0.884. The van der Waals surface area contributed by atoms with E-state index < -0.39 is 10.0 Å². The van der Waals surface area contributed by atoms with Gasteiger partial charge in [-0.1, -0.05) is 0 Å². The van der Waals surface area contributed by atoms with E-state index in [9.17, 15) is 8.42 Å². The summed E-state index contributed by atoms with van der Waals surface area (Å²) in [6, 6.07) is 1.96. The predicted molar refractivity (Wildman–Crippen MR) is 79.1 cm³/mol. The van der Waals surface area contributed by atoms with Crippen LogP contribution < -0.4 is 9.62 Å². The van der Waals surface area contributed by atoms with Gasteiger partial charge in [-0.25, -0.2) is 23.1 Å². The smallest absolute Gasteiger partial charge is 0.211 e. The van der Waals surface area contributed by atoms with E-state index in [1.165, 1.54) is 19.3 Å². The first-order valence-electron chi connectivity index (χ1n) is 7.07.